The predicted octanol–water partition coefficient (Wildman–Crippen LogP) is 2.77. The molecule has 1 N–H and O–H groups in total. The molecule has 0 saturated carbocycles. The number of hydrogen-bond donors (Lipinski definition) is 1. The number of benzene rings is 1. The van der Waals surface area contributed by atoms with Crippen LogP contribution < -0.4 is 5.32 Å². The van der Waals surface area contributed by atoms with E-state index in [-0.39, 0.29) is 24.2 Å². The number of rotatable bonds is 6. The highest BCUT2D eigenvalue weighted by Gasteiger charge is 2.18. The second-order valence-corrected chi connectivity index (χ2v) is 5.12. The highest BCUT2D eigenvalue weighted by atomic mass is 35.5. The van der Waals surface area contributed by atoms with Crippen molar-refractivity contribution in [3.05, 3.63) is 35.4 Å². The summed E-state index contributed by atoms with van der Waals surface area (Å²) in [5.41, 5.74) is 2.06. The third-order valence-electron chi connectivity index (χ3n) is 3.06. The first-order valence-electron chi connectivity index (χ1n) is 6.50. The van der Waals surface area contributed by atoms with E-state index >= 15 is 0 Å². The summed E-state index contributed by atoms with van der Waals surface area (Å²) in [4.78, 5) is 22.9. The van der Waals surface area contributed by atoms with Crippen molar-refractivity contribution >= 4 is 23.5 Å². The lowest BCUT2D eigenvalue weighted by molar-refractivity contribution is -0.141. The quantitative estimate of drug-likeness (QED) is 0.649. The maximum Gasteiger partial charge on any atom is 0.307 e. The molecule has 0 aromatic heterocycles. The summed E-state index contributed by atoms with van der Waals surface area (Å²) in [5, 5.41) is 2.73. The van der Waals surface area contributed by atoms with Crippen molar-refractivity contribution in [1.29, 1.82) is 0 Å². The smallest absolute Gasteiger partial charge is 0.307 e. The van der Waals surface area contributed by atoms with Gasteiger partial charge in [0.1, 0.15) is 5.88 Å². The molecule has 1 rings (SSSR count). The normalized spacial score (nSPS) is 12.1. The summed E-state index contributed by atoms with van der Waals surface area (Å²) in [6.45, 7) is 4.21. The Balaban J connectivity index is 2.90. The standard InChI is InChI=1S/C15H20ClNO3/c1-10(2)11-4-6-12(7-5-11)13(8-15(19)20-3)17-14(18)9-16/h4-7,10,13H,8-9H2,1-3H3,(H,17,18). The van der Waals surface area contributed by atoms with Gasteiger partial charge in [0.2, 0.25) is 5.91 Å². The van der Waals surface area contributed by atoms with Crippen LogP contribution in [0.5, 0.6) is 0 Å². The van der Waals surface area contributed by atoms with Crippen LogP contribution in [0.4, 0.5) is 0 Å². The summed E-state index contributed by atoms with van der Waals surface area (Å²) in [5.74, 6) is -0.395. The molecule has 0 fully saturated rings. The molecule has 1 aromatic carbocycles. The molecule has 0 saturated heterocycles. The third kappa shape index (κ3) is 4.85. The van der Waals surface area contributed by atoms with Gasteiger partial charge in [0.05, 0.1) is 19.6 Å². The first kappa shape index (κ1) is 16.5. The van der Waals surface area contributed by atoms with Gasteiger partial charge in [-0.2, -0.15) is 0 Å². The van der Waals surface area contributed by atoms with Crippen LogP contribution in [0.2, 0.25) is 0 Å². The van der Waals surface area contributed by atoms with E-state index in [4.69, 9.17) is 11.6 Å². The number of esters is 1. The Kier molecular flexibility index (Phi) is 6.52. The number of methoxy groups -OCH3 is 1. The van der Waals surface area contributed by atoms with Gasteiger partial charge < -0.3 is 10.1 Å². The van der Waals surface area contributed by atoms with E-state index in [9.17, 15) is 9.59 Å². The fourth-order valence-electron chi connectivity index (χ4n) is 1.85. The number of halogens is 1. The molecular weight excluding hydrogens is 278 g/mol. The summed E-state index contributed by atoms with van der Waals surface area (Å²) in [6, 6.07) is 7.40. The maximum absolute atomic E-state index is 11.4. The number of amides is 1. The zero-order chi connectivity index (χ0) is 15.1. The molecule has 4 nitrogen and oxygen atoms in total. The van der Waals surface area contributed by atoms with Gasteiger partial charge in [-0.1, -0.05) is 38.1 Å². The Morgan fingerprint density at radius 1 is 1.20 bits per heavy atom. The monoisotopic (exact) mass is 297 g/mol. The van der Waals surface area contributed by atoms with E-state index in [1.165, 1.54) is 12.7 Å². The van der Waals surface area contributed by atoms with Gasteiger partial charge in [-0.15, -0.1) is 11.6 Å². The van der Waals surface area contributed by atoms with E-state index < -0.39 is 6.04 Å². The molecule has 110 valence electrons. The van der Waals surface area contributed by atoms with Crippen molar-refractivity contribution in [2.45, 2.75) is 32.2 Å². The van der Waals surface area contributed by atoms with Crippen molar-refractivity contribution in [2.75, 3.05) is 13.0 Å². The van der Waals surface area contributed by atoms with Gasteiger partial charge >= 0.3 is 5.97 Å². The molecule has 1 unspecified atom stereocenters. The number of carbonyl (C=O) groups is 2. The zero-order valence-electron chi connectivity index (χ0n) is 12.0. The Hall–Kier alpha value is -1.55. The van der Waals surface area contributed by atoms with Crippen LogP contribution in [0.1, 0.15) is 43.4 Å². The lowest BCUT2D eigenvalue weighted by Crippen LogP contribution is -2.31. The van der Waals surface area contributed by atoms with Gasteiger partial charge in [-0.05, 0) is 17.0 Å². The number of nitrogens with one attached hydrogen (secondary N) is 1. The predicted molar refractivity (Wildman–Crippen MR) is 78.8 cm³/mol. The molecule has 1 aromatic rings. The van der Waals surface area contributed by atoms with Crippen LogP contribution in [0.25, 0.3) is 0 Å². The van der Waals surface area contributed by atoms with Crippen LogP contribution in [0.15, 0.2) is 24.3 Å². The van der Waals surface area contributed by atoms with Crippen molar-refractivity contribution < 1.29 is 14.3 Å². The van der Waals surface area contributed by atoms with Crippen molar-refractivity contribution in [3.8, 4) is 0 Å². The van der Waals surface area contributed by atoms with Gasteiger partial charge in [-0.25, -0.2) is 0 Å². The van der Waals surface area contributed by atoms with E-state index in [0.29, 0.717) is 5.92 Å². The minimum atomic E-state index is -0.421. The molecule has 1 amide bonds. The molecule has 0 aliphatic rings. The van der Waals surface area contributed by atoms with Crippen molar-refractivity contribution in [3.63, 3.8) is 0 Å². The van der Waals surface area contributed by atoms with Gasteiger partial charge in [0.25, 0.3) is 0 Å². The van der Waals surface area contributed by atoms with Crippen LogP contribution in [-0.2, 0) is 14.3 Å². The van der Waals surface area contributed by atoms with Crippen LogP contribution in [-0.4, -0.2) is 24.9 Å². The zero-order valence-corrected chi connectivity index (χ0v) is 12.7. The topological polar surface area (TPSA) is 55.4 Å². The largest absolute Gasteiger partial charge is 0.469 e. The second kappa shape index (κ2) is 7.90. The highest BCUT2D eigenvalue weighted by molar-refractivity contribution is 6.27. The fraction of sp³-hybridized carbons (Fsp3) is 0.467. The Morgan fingerprint density at radius 3 is 2.20 bits per heavy atom. The van der Waals surface area contributed by atoms with Crippen molar-refractivity contribution in [1.82, 2.24) is 5.32 Å². The van der Waals surface area contributed by atoms with Gasteiger partial charge in [0.15, 0.2) is 0 Å². The molecule has 0 bridgehead atoms. The molecule has 1 atom stereocenters. The molecule has 0 aliphatic carbocycles. The van der Waals surface area contributed by atoms with Crippen LogP contribution >= 0.6 is 11.6 Å². The SMILES string of the molecule is COC(=O)CC(NC(=O)CCl)c1ccc(C(C)C)cc1. The molecule has 20 heavy (non-hydrogen) atoms. The molecule has 5 heteroatoms. The number of hydrogen-bond acceptors (Lipinski definition) is 3. The second-order valence-electron chi connectivity index (χ2n) is 4.86. The summed E-state index contributed by atoms with van der Waals surface area (Å²) < 4.78 is 4.66. The average Bonchev–Trinajstić information content (AvgIpc) is 2.46. The molecule has 0 heterocycles. The number of carbonyl (C=O) groups excluding carboxylic acids is 2. The third-order valence-corrected chi connectivity index (χ3v) is 3.30. The van der Waals surface area contributed by atoms with Crippen molar-refractivity contribution in [2.24, 2.45) is 0 Å². The molecular formula is C15H20ClNO3. The Labute approximate surface area is 124 Å². The lowest BCUT2D eigenvalue weighted by atomic mass is 9.97. The maximum atomic E-state index is 11.4. The van der Waals surface area contributed by atoms with E-state index in [1.807, 2.05) is 24.3 Å². The van der Waals surface area contributed by atoms with Crippen LogP contribution in [0, 0.1) is 0 Å². The minimum absolute atomic E-state index is 0.0835. The molecule has 0 radical (unpaired) electrons. The first-order valence-corrected chi connectivity index (χ1v) is 7.03. The summed E-state index contributed by atoms with van der Waals surface area (Å²) >= 11 is 5.49. The molecule has 0 spiro atoms. The lowest BCUT2D eigenvalue weighted by Gasteiger charge is -2.18. The fourth-order valence-corrected chi connectivity index (χ4v) is 1.93. The Morgan fingerprint density at radius 2 is 1.75 bits per heavy atom. The van der Waals surface area contributed by atoms with E-state index in [2.05, 4.69) is 23.9 Å². The highest BCUT2D eigenvalue weighted by Crippen LogP contribution is 2.21. The summed E-state index contributed by atoms with van der Waals surface area (Å²) in [7, 11) is 1.32. The minimum Gasteiger partial charge on any atom is -0.469 e. The van der Waals surface area contributed by atoms with Gasteiger partial charge in [0, 0.05) is 0 Å². The summed E-state index contributed by atoms with van der Waals surface area (Å²) in [6.07, 6.45) is 0.0835. The van der Waals surface area contributed by atoms with Gasteiger partial charge in [-0.3, -0.25) is 9.59 Å². The number of ether oxygens (including phenoxy) is 1. The Bertz CT molecular complexity index is 439. The van der Waals surface area contributed by atoms with Crippen LogP contribution in [0.3, 0.4) is 0 Å². The van der Waals surface area contributed by atoms with E-state index in [0.717, 1.165) is 5.56 Å². The molecule has 0 aliphatic heterocycles. The number of alkyl halides is 1. The van der Waals surface area contributed by atoms with E-state index in [1.54, 1.807) is 0 Å². The average molecular weight is 298 g/mol. The first-order chi connectivity index (χ1) is 9.47.